The number of fused-ring (bicyclic) bond motifs is 1. The fourth-order valence-corrected chi connectivity index (χ4v) is 4.55. The Bertz CT molecular complexity index is 1220. The van der Waals surface area contributed by atoms with Crippen molar-refractivity contribution in [2.45, 2.75) is 26.2 Å². The van der Waals surface area contributed by atoms with Crippen LogP contribution in [0.15, 0.2) is 66.9 Å². The van der Waals surface area contributed by atoms with Gasteiger partial charge in [-0.25, -0.2) is 0 Å². The Labute approximate surface area is 194 Å². The highest BCUT2D eigenvalue weighted by Gasteiger charge is 2.25. The smallest absolute Gasteiger partial charge is 0.223 e. The minimum atomic E-state index is 0.0593. The SMILES string of the molecule is Cc1ccc(-c2ccc(N3CCC(C(=O)NCCc4c[nH]c5ccccc45)CC3)nn2)cc1. The molecule has 1 aliphatic heterocycles. The quantitative estimate of drug-likeness (QED) is 0.464. The number of amides is 1. The number of rotatable bonds is 6. The molecule has 2 aromatic carbocycles. The molecule has 3 heterocycles. The number of nitrogens with zero attached hydrogens (tertiary/aromatic N) is 3. The molecule has 1 fully saturated rings. The van der Waals surface area contributed by atoms with E-state index < -0.39 is 0 Å². The Balaban J connectivity index is 1.11. The maximum absolute atomic E-state index is 12.7. The molecule has 33 heavy (non-hydrogen) atoms. The average molecular weight is 440 g/mol. The van der Waals surface area contributed by atoms with E-state index in [0.29, 0.717) is 6.54 Å². The van der Waals surface area contributed by atoms with Crippen LogP contribution in [0.2, 0.25) is 0 Å². The van der Waals surface area contributed by atoms with Crippen LogP contribution in [0.25, 0.3) is 22.2 Å². The van der Waals surface area contributed by atoms with Crippen LogP contribution in [0.4, 0.5) is 5.82 Å². The second kappa shape index (κ2) is 9.45. The van der Waals surface area contributed by atoms with Crippen molar-refractivity contribution < 1.29 is 4.79 Å². The number of carbonyl (C=O) groups is 1. The van der Waals surface area contributed by atoms with Gasteiger partial charge in [0.1, 0.15) is 0 Å². The van der Waals surface area contributed by atoms with Crippen LogP contribution < -0.4 is 10.2 Å². The summed E-state index contributed by atoms with van der Waals surface area (Å²) in [4.78, 5) is 18.2. The molecular weight excluding hydrogens is 410 g/mol. The van der Waals surface area contributed by atoms with Crippen molar-refractivity contribution in [3.05, 3.63) is 78.0 Å². The average Bonchev–Trinajstić information content (AvgIpc) is 3.28. The summed E-state index contributed by atoms with van der Waals surface area (Å²) in [6.45, 7) is 4.37. The van der Waals surface area contributed by atoms with Gasteiger partial charge in [0.2, 0.25) is 5.91 Å². The molecule has 2 N–H and O–H groups in total. The molecule has 5 rings (SSSR count). The minimum Gasteiger partial charge on any atom is -0.361 e. The van der Waals surface area contributed by atoms with Gasteiger partial charge < -0.3 is 15.2 Å². The Kier molecular flexibility index (Phi) is 6.07. The van der Waals surface area contributed by atoms with E-state index in [9.17, 15) is 4.79 Å². The number of aromatic nitrogens is 3. The number of H-pyrrole nitrogens is 1. The Morgan fingerprint density at radius 3 is 2.58 bits per heavy atom. The van der Waals surface area contributed by atoms with Gasteiger partial charge in [-0.05, 0) is 49.9 Å². The van der Waals surface area contributed by atoms with Gasteiger partial charge >= 0.3 is 0 Å². The van der Waals surface area contributed by atoms with Crippen LogP contribution in [0.5, 0.6) is 0 Å². The Morgan fingerprint density at radius 1 is 1.03 bits per heavy atom. The van der Waals surface area contributed by atoms with Crippen LogP contribution in [-0.4, -0.2) is 40.7 Å². The maximum atomic E-state index is 12.7. The lowest BCUT2D eigenvalue weighted by Crippen LogP contribution is -2.41. The van der Waals surface area contributed by atoms with Gasteiger partial charge in [-0.3, -0.25) is 4.79 Å². The number of anilines is 1. The van der Waals surface area contributed by atoms with Crippen molar-refractivity contribution in [2.24, 2.45) is 5.92 Å². The van der Waals surface area contributed by atoms with Gasteiger partial charge in [0.05, 0.1) is 5.69 Å². The first-order chi connectivity index (χ1) is 16.2. The first kappa shape index (κ1) is 21.2. The summed E-state index contributed by atoms with van der Waals surface area (Å²) in [5.41, 5.74) is 5.56. The lowest BCUT2D eigenvalue weighted by atomic mass is 9.96. The molecule has 0 saturated carbocycles. The van der Waals surface area contributed by atoms with Gasteiger partial charge in [-0.2, -0.15) is 0 Å². The summed E-state index contributed by atoms with van der Waals surface area (Å²) in [5, 5.41) is 13.2. The first-order valence-electron chi connectivity index (χ1n) is 11.7. The third-order valence-electron chi connectivity index (χ3n) is 6.56. The highest BCUT2D eigenvalue weighted by molar-refractivity contribution is 5.83. The molecule has 6 heteroatoms. The minimum absolute atomic E-state index is 0.0593. The van der Waals surface area contributed by atoms with Crippen molar-refractivity contribution in [2.75, 3.05) is 24.5 Å². The molecule has 2 aromatic heterocycles. The van der Waals surface area contributed by atoms with Crippen LogP contribution in [0, 0.1) is 12.8 Å². The Hall–Kier alpha value is -3.67. The predicted molar refractivity (Wildman–Crippen MR) is 132 cm³/mol. The first-order valence-corrected chi connectivity index (χ1v) is 11.7. The van der Waals surface area contributed by atoms with Gasteiger partial charge in [-0.1, -0.05) is 48.0 Å². The maximum Gasteiger partial charge on any atom is 0.223 e. The standard InChI is InChI=1S/C27H29N5O/c1-19-6-8-20(9-7-19)24-10-11-26(31-30-24)32-16-13-21(14-17-32)27(33)28-15-12-22-18-29-25-5-3-2-4-23(22)25/h2-11,18,21,29H,12-17H2,1H3,(H,28,33). The van der Waals surface area contributed by atoms with Crippen molar-refractivity contribution >= 4 is 22.6 Å². The lowest BCUT2D eigenvalue weighted by Gasteiger charge is -2.31. The molecule has 168 valence electrons. The molecule has 6 nitrogen and oxygen atoms in total. The number of piperidine rings is 1. The monoisotopic (exact) mass is 439 g/mol. The third kappa shape index (κ3) is 4.75. The van der Waals surface area contributed by atoms with Crippen LogP contribution in [-0.2, 0) is 11.2 Å². The summed E-state index contributed by atoms with van der Waals surface area (Å²) in [7, 11) is 0. The van der Waals surface area contributed by atoms with E-state index in [4.69, 9.17) is 0 Å². The second-order valence-corrected chi connectivity index (χ2v) is 8.80. The molecule has 1 aliphatic rings. The van der Waals surface area contributed by atoms with E-state index in [1.54, 1.807) is 0 Å². The van der Waals surface area contributed by atoms with E-state index in [-0.39, 0.29) is 11.8 Å². The summed E-state index contributed by atoms with van der Waals surface area (Å²) in [5.74, 6) is 1.10. The highest BCUT2D eigenvalue weighted by Crippen LogP contribution is 2.24. The van der Waals surface area contributed by atoms with Gasteiger partial charge in [-0.15, -0.1) is 10.2 Å². The van der Waals surface area contributed by atoms with Crippen molar-refractivity contribution in [1.82, 2.24) is 20.5 Å². The summed E-state index contributed by atoms with van der Waals surface area (Å²) in [6, 6.07) is 20.6. The third-order valence-corrected chi connectivity index (χ3v) is 6.56. The fraction of sp³-hybridized carbons (Fsp3) is 0.296. The molecule has 0 radical (unpaired) electrons. The van der Waals surface area contributed by atoms with E-state index in [0.717, 1.165) is 54.9 Å². The zero-order valence-corrected chi connectivity index (χ0v) is 18.9. The van der Waals surface area contributed by atoms with E-state index in [1.165, 1.54) is 16.5 Å². The molecule has 0 spiro atoms. The van der Waals surface area contributed by atoms with Crippen LogP contribution in [0.1, 0.15) is 24.0 Å². The van der Waals surface area contributed by atoms with Gasteiger partial charge in [0, 0.05) is 48.2 Å². The summed E-state index contributed by atoms with van der Waals surface area (Å²) >= 11 is 0. The molecular formula is C27H29N5O. The number of carbonyl (C=O) groups excluding carboxylic acids is 1. The number of hydrogen-bond donors (Lipinski definition) is 2. The zero-order valence-electron chi connectivity index (χ0n) is 18.9. The number of nitrogens with one attached hydrogen (secondary N) is 2. The second-order valence-electron chi connectivity index (χ2n) is 8.80. The molecule has 0 bridgehead atoms. The molecule has 0 unspecified atom stereocenters. The molecule has 1 saturated heterocycles. The zero-order chi connectivity index (χ0) is 22.6. The highest BCUT2D eigenvalue weighted by atomic mass is 16.1. The van der Waals surface area contributed by atoms with Gasteiger partial charge in [0.15, 0.2) is 5.82 Å². The van der Waals surface area contributed by atoms with Crippen molar-refractivity contribution in [3.63, 3.8) is 0 Å². The number of para-hydroxylation sites is 1. The normalized spacial score (nSPS) is 14.5. The number of aromatic amines is 1. The number of hydrogen-bond acceptors (Lipinski definition) is 4. The summed E-state index contributed by atoms with van der Waals surface area (Å²) in [6.07, 6.45) is 4.54. The number of aryl methyl sites for hydroxylation is 1. The van der Waals surface area contributed by atoms with E-state index in [2.05, 4.69) is 68.7 Å². The number of benzene rings is 2. The predicted octanol–water partition coefficient (Wildman–Crippen LogP) is 4.51. The Morgan fingerprint density at radius 2 is 1.82 bits per heavy atom. The molecule has 4 aromatic rings. The fourth-order valence-electron chi connectivity index (χ4n) is 4.55. The largest absolute Gasteiger partial charge is 0.361 e. The molecule has 0 atom stereocenters. The van der Waals surface area contributed by atoms with Crippen LogP contribution in [0.3, 0.4) is 0 Å². The molecule has 0 aliphatic carbocycles. The van der Waals surface area contributed by atoms with E-state index >= 15 is 0 Å². The summed E-state index contributed by atoms with van der Waals surface area (Å²) < 4.78 is 0. The van der Waals surface area contributed by atoms with Crippen LogP contribution >= 0.6 is 0 Å². The van der Waals surface area contributed by atoms with Crippen molar-refractivity contribution in [1.29, 1.82) is 0 Å². The lowest BCUT2D eigenvalue weighted by molar-refractivity contribution is -0.125. The van der Waals surface area contributed by atoms with Gasteiger partial charge in [0.25, 0.3) is 0 Å². The topological polar surface area (TPSA) is 73.9 Å². The molecule has 1 amide bonds. The van der Waals surface area contributed by atoms with Crippen molar-refractivity contribution in [3.8, 4) is 11.3 Å². The van der Waals surface area contributed by atoms with E-state index in [1.807, 2.05) is 30.5 Å².